The topological polar surface area (TPSA) is 12.0 Å². The van der Waals surface area contributed by atoms with Crippen molar-refractivity contribution in [3.8, 4) is 0 Å². The Morgan fingerprint density at radius 3 is 2.38 bits per heavy atom. The molecule has 1 unspecified atom stereocenters. The molecule has 0 saturated heterocycles. The van der Waals surface area contributed by atoms with Gasteiger partial charge in [-0.15, -0.1) is 0 Å². The van der Waals surface area contributed by atoms with Gasteiger partial charge in [-0.3, -0.25) is 0 Å². The first kappa shape index (κ1) is 15.5. The highest BCUT2D eigenvalue weighted by atomic mass is 19.4. The number of likely N-dealkylation sites (N-methyl/N-ethyl adjacent to an activating group) is 1. The lowest BCUT2D eigenvalue weighted by atomic mass is 9.97. The molecule has 2 rings (SSSR count). The number of halogens is 4. The van der Waals surface area contributed by atoms with E-state index in [4.69, 9.17) is 0 Å². The molecule has 0 amide bonds. The largest absolute Gasteiger partial charge is 0.416 e. The second-order valence-electron chi connectivity index (χ2n) is 4.76. The molecule has 2 aromatic rings. The Morgan fingerprint density at radius 2 is 1.76 bits per heavy atom. The quantitative estimate of drug-likeness (QED) is 0.827. The van der Waals surface area contributed by atoms with Gasteiger partial charge in [0.25, 0.3) is 0 Å². The van der Waals surface area contributed by atoms with Gasteiger partial charge in [0, 0.05) is 6.04 Å². The second-order valence-corrected chi connectivity index (χ2v) is 4.76. The third-order valence-corrected chi connectivity index (χ3v) is 3.35. The molecule has 1 atom stereocenters. The van der Waals surface area contributed by atoms with Crippen LogP contribution in [0.15, 0.2) is 48.5 Å². The fourth-order valence-electron chi connectivity index (χ4n) is 2.20. The van der Waals surface area contributed by atoms with Gasteiger partial charge in [-0.1, -0.05) is 30.3 Å². The SMILES string of the molecule is CNC(Cc1ccccc1F)c1cccc(C(F)(F)F)c1. The standard InChI is InChI=1S/C16H15F4N/c1-21-15(10-11-5-2-3-8-14(11)17)12-6-4-7-13(9-12)16(18,19)20/h2-9,15,21H,10H2,1H3. The van der Waals surface area contributed by atoms with E-state index in [1.54, 1.807) is 31.3 Å². The van der Waals surface area contributed by atoms with E-state index in [-0.39, 0.29) is 18.3 Å². The molecule has 0 aliphatic rings. The lowest BCUT2D eigenvalue weighted by Gasteiger charge is -2.18. The normalized spacial score (nSPS) is 13.2. The van der Waals surface area contributed by atoms with Gasteiger partial charge in [-0.25, -0.2) is 4.39 Å². The lowest BCUT2D eigenvalue weighted by Crippen LogP contribution is -2.20. The summed E-state index contributed by atoms with van der Waals surface area (Å²) in [5.41, 5.74) is 0.249. The Bertz CT molecular complexity index is 607. The van der Waals surface area contributed by atoms with Crippen LogP contribution in [0, 0.1) is 5.82 Å². The zero-order chi connectivity index (χ0) is 15.5. The molecule has 2 aromatic carbocycles. The average molecular weight is 297 g/mol. The minimum Gasteiger partial charge on any atom is -0.313 e. The first-order chi connectivity index (χ1) is 9.91. The molecule has 1 N–H and O–H groups in total. The van der Waals surface area contributed by atoms with Crippen molar-refractivity contribution in [3.63, 3.8) is 0 Å². The molecule has 0 saturated carbocycles. The Morgan fingerprint density at radius 1 is 1.05 bits per heavy atom. The number of alkyl halides is 3. The molecule has 112 valence electrons. The van der Waals surface area contributed by atoms with Crippen LogP contribution in [0.3, 0.4) is 0 Å². The summed E-state index contributed by atoms with van der Waals surface area (Å²) >= 11 is 0. The average Bonchev–Trinajstić information content (AvgIpc) is 2.46. The van der Waals surface area contributed by atoms with Crippen molar-refractivity contribution in [1.29, 1.82) is 0 Å². The molecule has 0 spiro atoms. The molecule has 0 bridgehead atoms. The second kappa shape index (κ2) is 6.26. The van der Waals surface area contributed by atoms with Crippen LogP contribution < -0.4 is 5.32 Å². The third-order valence-electron chi connectivity index (χ3n) is 3.35. The molecular weight excluding hydrogens is 282 g/mol. The van der Waals surface area contributed by atoms with Crippen molar-refractivity contribution in [2.45, 2.75) is 18.6 Å². The highest BCUT2D eigenvalue weighted by Gasteiger charge is 2.30. The molecule has 21 heavy (non-hydrogen) atoms. The Kier molecular flexibility index (Phi) is 4.63. The molecule has 5 heteroatoms. The van der Waals surface area contributed by atoms with E-state index in [1.807, 2.05) is 0 Å². The molecule has 0 heterocycles. The van der Waals surface area contributed by atoms with Crippen molar-refractivity contribution in [2.75, 3.05) is 7.05 Å². The maximum atomic E-state index is 13.7. The van der Waals surface area contributed by atoms with E-state index in [0.29, 0.717) is 11.1 Å². The van der Waals surface area contributed by atoms with Crippen molar-refractivity contribution in [2.24, 2.45) is 0 Å². The van der Waals surface area contributed by atoms with Gasteiger partial charge in [0.1, 0.15) is 5.82 Å². The number of hydrogen-bond donors (Lipinski definition) is 1. The monoisotopic (exact) mass is 297 g/mol. The van der Waals surface area contributed by atoms with Crippen LogP contribution in [0.2, 0.25) is 0 Å². The van der Waals surface area contributed by atoms with Crippen LogP contribution in [-0.2, 0) is 12.6 Å². The predicted molar refractivity (Wildman–Crippen MR) is 73.3 cm³/mol. The third kappa shape index (κ3) is 3.82. The van der Waals surface area contributed by atoms with Crippen molar-refractivity contribution < 1.29 is 17.6 Å². The van der Waals surface area contributed by atoms with Crippen LogP contribution in [0.4, 0.5) is 17.6 Å². The highest BCUT2D eigenvalue weighted by Crippen LogP contribution is 2.31. The van der Waals surface area contributed by atoms with Crippen LogP contribution in [0.1, 0.15) is 22.7 Å². The van der Waals surface area contributed by atoms with E-state index >= 15 is 0 Å². The molecule has 0 aromatic heterocycles. The zero-order valence-corrected chi connectivity index (χ0v) is 11.4. The summed E-state index contributed by atoms with van der Waals surface area (Å²) in [5, 5.41) is 2.94. The first-order valence-corrected chi connectivity index (χ1v) is 6.49. The summed E-state index contributed by atoms with van der Waals surface area (Å²) in [6.07, 6.45) is -4.10. The van der Waals surface area contributed by atoms with E-state index in [2.05, 4.69) is 5.32 Å². The lowest BCUT2D eigenvalue weighted by molar-refractivity contribution is -0.137. The van der Waals surface area contributed by atoms with Crippen LogP contribution in [0.5, 0.6) is 0 Å². The smallest absolute Gasteiger partial charge is 0.313 e. The van der Waals surface area contributed by atoms with Crippen molar-refractivity contribution in [1.82, 2.24) is 5.32 Å². The van der Waals surface area contributed by atoms with Crippen LogP contribution in [-0.4, -0.2) is 7.05 Å². The van der Waals surface area contributed by atoms with Gasteiger partial charge in [0.2, 0.25) is 0 Å². The Hall–Kier alpha value is -1.88. The van der Waals surface area contributed by atoms with Gasteiger partial charge >= 0.3 is 6.18 Å². The summed E-state index contributed by atoms with van der Waals surface area (Å²) in [4.78, 5) is 0. The van der Waals surface area contributed by atoms with E-state index in [1.165, 1.54) is 12.1 Å². The molecule has 0 aliphatic heterocycles. The van der Waals surface area contributed by atoms with Gasteiger partial charge in [-0.05, 0) is 42.8 Å². The van der Waals surface area contributed by atoms with Gasteiger partial charge in [0.15, 0.2) is 0 Å². The van der Waals surface area contributed by atoms with E-state index < -0.39 is 11.7 Å². The highest BCUT2D eigenvalue weighted by molar-refractivity contribution is 5.30. The maximum Gasteiger partial charge on any atom is 0.416 e. The van der Waals surface area contributed by atoms with Gasteiger partial charge < -0.3 is 5.32 Å². The summed E-state index contributed by atoms with van der Waals surface area (Å²) in [6.45, 7) is 0. The fraction of sp³-hybridized carbons (Fsp3) is 0.250. The number of rotatable bonds is 4. The molecular formula is C16H15F4N. The summed E-state index contributed by atoms with van der Waals surface area (Å²) in [7, 11) is 1.64. The van der Waals surface area contributed by atoms with Gasteiger partial charge in [-0.2, -0.15) is 13.2 Å². The van der Waals surface area contributed by atoms with Crippen molar-refractivity contribution in [3.05, 3.63) is 71.0 Å². The van der Waals surface area contributed by atoms with E-state index in [0.717, 1.165) is 12.1 Å². The number of benzene rings is 2. The predicted octanol–water partition coefficient (Wildman–Crippen LogP) is 4.35. The molecule has 0 radical (unpaired) electrons. The van der Waals surface area contributed by atoms with Gasteiger partial charge in [0.05, 0.1) is 5.56 Å². The Balaban J connectivity index is 2.28. The molecule has 0 aliphatic carbocycles. The summed E-state index contributed by atoms with van der Waals surface area (Å²) in [6, 6.07) is 11.0. The van der Waals surface area contributed by atoms with E-state index in [9.17, 15) is 17.6 Å². The van der Waals surface area contributed by atoms with Crippen molar-refractivity contribution >= 4 is 0 Å². The summed E-state index contributed by atoms with van der Waals surface area (Å²) in [5.74, 6) is -0.357. The number of nitrogens with one attached hydrogen (secondary N) is 1. The van der Waals surface area contributed by atoms with Crippen LogP contribution >= 0.6 is 0 Å². The fourth-order valence-corrected chi connectivity index (χ4v) is 2.20. The zero-order valence-electron chi connectivity index (χ0n) is 11.4. The first-order valence-electron chi connectivity index (χ1n) is 6.49. The maximum absolute atomic E-state index is 13.7. The minimum absolute atomic E-state index is 0.282. The van der Waals surface area contributed by atoms with Crippen LogP contribution in [0.25, 0.3) is 0 Å². The number of hydrogen-bond acceptors (Lipinski definition) is 1. The molecule has 0 fully saturated rings. The molecule has 1 nitrogen and oxygen atoms in total. The minimum atomic E-state index is -4.38. The Labute approximate surface area is 120 Å². The summed E-state index contributed by atoms with van der Waals surface area (Å²) < 4.78 is 51.9.